The van der Waals surface area contributed by atoms with Crippen LogP contribution in [0.5, 0.6) is 0 Å². The molecule has 1 aromatic carbocycles. The number of carbonyl (C=O) groups is 2. The van der Waals surface area contributed by atoms with Gasteiger partial charge >= 0.3 is 5.97 Å². The molecule has 1 amide bonds. The number of nitrogens with zero attached hydrogens (tertiary/aromatic N) is 1. The topological polar surface area (TPSA) is 91.2 Å². The average Bonchev–Trinajstić information content (AvgIpc) is 3.33. The summed E-state index contributed by atoms with van der Waals surface area (Å²) in [6.45, 7) is 2.04. The molecule has 0 spiro atoms. The lowest BCUT2D eigenvalue weighted by molar-refractivity contribution is -0.112. The maximum Gasteiger partial charge on any atom is 0.338 e. The SMILES string of the molecule is CCOC(=O)c1ccc(NC(=O)/C(C#N)=C\NC2CC2)cc1. The summed E-state index contributed by atoms with van der Waals surface area (Å²) in [6, 6.07) is 8.54. The largest absolute Gasteiger partial charge is 0.462 e. The van der Waals surface area contributed by atoms with Crippen molar-refractivity contribution in [1.29, 1.82) is 5.26 Å². The Labute approximate surface area is 128 Å². The summed E-state index contributed by atoms with van der Waals surface area (Å²) in [5.41, 5.74) is 0.929. The minimum atomic E-state index is -0.487. The van der Waals surface area contributed by atoms with E-state index >= 15 is 0 Å². The molecule has 0 bridgehead atoms. The van der Waals surface area contributed by atoms with Gasteiger partial charge in [-0.3, -0.25) is 4.79 Å². The molecule has 0 aromatic heterocycles. The standard InChI is InChI=1S/C16H17N3O3/c1-2-22-16(21)11-3-5-14(6-4-11)19-15(20)12(9-17)10-18-13-7-8-13/h3-6,10,13,18H,2,7-8H2,1H3,(H,19,20)/b12-10-. The van der Waals surface area contributed by atoms with Gasteiger partial charge in [-0.15, -0.1) is 0 Å². The molecule has 2 rings (SSSR count). The molecule has 114 valence electrons. The number of nitrogens with one attached hydrogen (secondary N) is 2. The van der Waals surface area contributed by atoms with Crippen molar-refractivity contribution in [2.24, 2.45) is 0 Å². The first-order valence-electron chi connectivity index (χ1n) is 7.09. The van der Waals surface area contributed by atoms with E-state index in [2.05, 4.69) is 10.6 Å². The second-order valence-corrected chi connectivity index (χ2v) is 4.86. The Morgan fingerprint density at radius 3 is 2.59 bits per heavy atom. The van der Waals surface area contributed by atoms with Crippen LogP contribution in [0.1, 0.15) is 30.1 Å². The number of hydrogen-bond donors (Lipinski definition) is 2. The van der Waals surface area contributed by atoms with E-state index in [-0.39, 0.29) is 5.57 Å². The quantitative estimate of drug-likeness (QED) is 0.476. The zero-order valence-electron chi connectivity index (χ0n) is 12.3. The van der Waals surface area contributed by atoms with Crippen molar-refractivity contribution in [3.63, 3.8) is 0 Å². The van der Waals surface area contributed by atoms with Crippen LogP contribution in [0.15, 0.2) is 36.0 Å². The van der Waals surface area contributed by atoms with Crippen LogP contribution in [0.4, 0.5) is 5.69 Å². The molecule has 1 aliphatic rings. The highest BCUT2D eigenvalue weighted by molar-refractivity contribution is 6.06. The first kappa shape index (κ1) is 15.6. The van der Waals surface area contributed by atoms with Crippen molar-refractivity contribution in [1.82, 2.24) is 5.32 Å². The molecule has 1 aliphatic carbocycles. The van der Waals surface area contributed by atoms with E-state index in [1.54, 1.807) is 31.2 Å². The molecule has 0 heterocycles. The molecule has 1 fully saturated rings. The predicted molar refractivity (Wildman–Crippen MR) is 80.9 cm³/mol. The normalized spacial score (nSPS) is 13.9. The summed E-state index contributed by atoms with van der Waals surface area (Å²) >= 11 is 0. The van der Waals surface area contributed by atoms with E-state index < -0.39 is 11.9 Å². The van der Waals surface area contributed by atoms with Crippen LogP contribution in [0, 0.1) is 11.3 Å². The number of anilines is 1. The third kappa shape index (κ3) is 4.35. The molecule has 22 heavy (non-hydrogen) atoms. The number of hydrogen-bond acceptors (Lipinski definition) is 5. The maximum atomic E-state index is 12.0. The monoisotopic (exact) mass is 299 g/mol. The number of ether oxygens (including phenoxy) is 1. The number of esters is 1. The van der Waals surface area contributed by atoms with Crippen LogP contribution in [-0.4, -0.2) is 24.5 Å². The van der Waals surface area contributed by atoms with Crippen molar-refractivity contribution < 1.29 is 14.3 Å². The highest BCUT2D eigenvalue weighted by Crippen LogP contribution is 2.19. The first-order chi connectivity index (χ1) is 10.6. The molecule has 1 aromatic rings. The van der Waals surface area contributed by atoms with Crippen LogP contribution in [0.25, 0.3) is 0 Å². The summed E-state index contributed by atoms with van der Waals surface area (Å²) in [4.78, 5) is 23.5. The maximum absolute atomic E-state index is 12.0. The Kier molecular flexibility index (Phi) is 5.15. The van der Waals surface area contributed by atoms with Gasteiger partial charge in [0.05, 0.1) is 12.2 Å². The van der Waals surface area contributed by atoms with Gasteiger partial charge in [0.1, 0.15) is 11.6 Å². The summed E-state index contributed by atoms with van der Waals surface area (Å²) in [6.07, 6.45) is 3.57. The van der Waals surface area contributed by atoms with Crippen LogP contribution in [0.2, 0.25) is 0 Å². The van der Waals surface area contributed by atoms with Crippen LogP contribution < -0.4 is 10.6 Å². The Morgan fingerprint density at radius 2 is 2.05 bits per heavy atom. The molecule has 2 N–H and O–H groups in total. The van der Waals surface area contributed by atoms with Gasteiger partial charge in [0.25, 0.3) is 5.91 Å². The number of benzene rings is 1. The molecular formula is C16H17N3O3. The smallest absolute Gasteiger partial charge is 0.338 e. The second-order valence-electron chi connectivity index (χ2n) is 4.86. The second kappa shape index (κ2) is 7.27. The van der Waals surface area contributed by atoms with E-state index in [1.165, 1.54) is 6.20 Å². The van der Waals surface area contributed by atoms with E-state index in [4.69, 9.17) is 10.00 Å². The molecule has 0 aliphatic heterocycles. The fourth-order valence-electron chi connectivity index (χ4n) is 1.70. The molecule has 0 unspecified atom stereocenters. The van der Waals surface area contributed by atoms with Gasteiger partial charge in [0.2, 0.25) is 0 Å². The van der Waals surface area contributed by atoms with Gasteiger partial charge in [0, 0.05) is 17.9 Å². The van der Waals surface area contributed by atoms with Crippen molar-refractivity contribution in [2.45, 2.75) is 25.8 Å². The highest BCUT2D eigenvalue weighted by atomic mass is 16.5. The third-order valence-corrected chi connectivity index (χ3v) is 3.06. The molecule has 0 saturated heterocycles. The van der Waals surface area contributed by atoms with Gasteiger partial charge in [-0.1, -0.05) is 0 Å². The van der Waals surface area contributed by atoms with Crippen LogP contribution in [-0.2, 0) is 9.53 Å². The number of nitriles is 1. The molecule has 0 radical (unpaired) electrons. The van der Waals surface area contributed by atoms with Crippen molar-refractivity contribution >= 4 is 17.6 Å². The minimum absolute atomic E-state index is 0.0152. The lowest BCUT2D eigenvalue weighted by Crippen LogP contribution is -2.17. The van der Waals surface area contributed by atoms with Crippen LogP contribution in [0.3, 0.4) is 0 Å². The van der Waals surface area contributed by atoms with E-state index in [1.807, 2.05) is 6.07 Å². The Morgan fingerprint density at radius 1 is 1.36 bits per heavy atom. The Bertz CT molecular complexity index is 625. The van der Waals surface area contributed by atoms with Gasteiger partial charge in [0.15, 0.2) is 0 Å². The zero-order valence-corrected chi connectivity index (χ0v) is 12.3. The Hall–Kier alpha value is -2.81. The number of rotatable bonds is 6. The lowest BCUT2D eigenvalue weighted by atomic mass is 10.2. The Balaban J connectivity index is 1.97. The number of carbonyl (C=O) groups excluding carboxylic acids is 2. The van der Waals surface area contributed by atoms with Crippen molar-refractivity contribution in [3.8, 4) is 6.07 Å². The van der Waals surface area contributed by atoms with Crippen LogP contribution >= 0.6 is 0 Å². The summed E-state index contributed by atoms with van der Waals surface area (Å²) in [5, 5.41) is 14.6. The van der Waals surface area contributed by atoms with E-state index in [9.17, 15) is 9.59 Å². The van der Waals surface area contributed by atoms with Crippen molar-refractivity contribution in [3.05, 3.63) is 41.6 Å². The first-order valence-corrected chi connectivity index (χ1v) is 7.09. The molecule has 6 heteroatoms. The molecular weight excluding hydrogens is 282 g/mol. The minimum Gasteiger partial charge on any atom is -0.462 e. The predicted octanol–water partition coefficient (Wildman–Crippen LogP) is 1.96. The summed E-state index contributed by atoms with van der Waals surface area (Å²) < 4.78 is 4.88. The van der Waals surface area contributed by atoms with Gasteiger partial charge in [-0.2, -0.15) is 5.26 Å². The summed E-state index contributed by atoms with van der Waals surface area (Å²) in [5.74, 6) is -0.897. The fourth-order valence-corrected chi connectivity index (χ4v) is 1.70. The van der Waals surface area contributed by atoms with Gasteiger partial charge in [-0.05, 0) is 44.0 Å². The third-order valence-electron chi connectivity index (χ3n) is 3.06. The van der Waals surface area contributed by atoms with E-state index in [0.29, 0.717) is 23.9 Å². The average molecular weight is 299 g/mol. The lowest BCUT2D eigenvalue weighted by Gasteiger charge is -2.06. The highest BCUT2D eigenvalue weighted by Gasteiger charge is 2.20. The fraction of sp³-hybridized carbons (Fsp3) is 0.312. The van der Waals surface area contributed by atoms with Gasteiger partial charge < -0.3 is 15.4 Å². The molecule has 1 saturated carbocycles. The summed E-state index contributed by atoms with van der Waals surface area (Å²) in [7, 11) is 0. The molecule has 0 atom stereocenters. The number of amides is 1. The zero-order chi connectivity index (χ0) is 15.9. The molecule has 6 nitrogen and oxygen atoms in total. The van der Waals surface area contributed by atoms with Crippen molar-refractivity contribution in [2.75, 3.05) is 11.9 Å². The van der Waals surface area contributed by atoms with Gasteiger partial charge in [-0.25, -0.2) is 4.79 Å². The van der Waals surface area contributed by atoms with E-state index in [0.717, 1.165) is 12.8 Å².